The van der Waals surface area contributed by atoms with Crippen LogP contribution in [0.3, 0.4) is 0 Å². The van der Waals surface area contributed by atoms with Gasteiger partial charge in [-0.15, -0.1) is 30.0 Å². The first-order valence-electron chi connectivity index (χ1n) is 1.04. The molecule has 0 aliphatic carbocycles. The Morgan fingerprint density at radius 3 is 1.67 bits per heavy atom. The van der Waals surface area contributed by atoms with E-state index in [2.05, 4.69) is 5.16 Å². The number of halogens is 2. The van der Waals surface area contributed by atoms with Crippen LogP contribution < -0.4 is 0 Å². The maximum absolute atomic E-state index is 7.44. The van der Waals surface area contributed by atoms with Gasteiger partial charge in [0, 0.05) is 6.21 Å². The molecule has 0 saturated carbocycles. The Labute approximate surface area is 49.1 Å². The number of oxime groups is 1. The van der Waals surface area contributed by atoms with E-state index in [0.29, 0.717) is 0 Å². The summed E-state index contributed by atoms with van der Waals surface area (Å²) < 4.78 is 0. The molecule has 0 aromatic heterocycles. The summed E-state index contributed by atoms with van der Waals surface area (Å²) in [5, 5.41) is 10.1. The van der Waals surface area contributed by atoms with Crippen molar-refractivity contribution in [3.63, 3.8) is 0 Å². The highest BCUT2D eigenvalue weighted by molar-refractivity contribution is 5.85. The monoisotopic (exact) mass is 131 g/mol. The van der Waals surface area contributed by atoms with Crippen molar-refractivity contribution in [2.24, 2.45) is 5.16 Å². The molecule has 4 heteroatoms. The Morgan fingerprint density at radius 1 is 1.50 bits per heavy atom. The van der Waals surface area contributed by atoms with E-state index in [-0.39, 0.29) is 24.8 Å². The van der Waals surface area contributed by atoms with E-state index in [4.69, 9.17) is 5.21 Å². The molecule has 0 spiro atoms. The van der Waals surface area contributed by atoms with E-state index < -0.39 is 0 Å². The maximum atomic E-state index is 7.44. The molecule has 6 heavy (non-hydrogen) atoms. The molecule has 0 atom stereocenters. The normalized spacial score (nSPS) is 6.17. The van der Waals surface area contributed by atoms with E-state index in [9.17, 15) is 0 Å². The van der Waals surface area contributed by atoms with Crippen LogP contribution in [-0.2, 0) is 0 Å². The predicted molar refractivity (Wildman–Crippen MR) is 30.4 cm³/mol. The van der Waals surface area contributed by atoms with Crippen LogP contribution in [0.25, 0.3) is 0 Å². The molecule has 0 rings (SSSR count). The van der Waals surface area contributed by atoms with Gasteiger partial charge in [-0.05, 0) is 6.92 Å². The minimum absolute atomic E-state index is 0. The van der Waals surface area contributed by atoms with Gasteiger partial charge in [-0.25, -0.2) is 0 Å². The zero-order valence-electron chi connectivity index (χ0n) is 3.29. The Balaban J connectivity index is -0.0000000450. The Hall–Kier alpha value is 0.0500. The second-order valence-corrected chi connectivity index (χ2v) is 0.374. The second kappa shape index (κ2) is 19.7. The summed E-state index contributed by atoms with van der Waals surface area (Å²) >= 11 is 0. The second-order valence-electron chi connectivity index (χ2n) is 0.374. The summed E-state index contributed by atoms with van der Waals surface area (Å²) in [5.41, 5.74) is 0. The first kappa shape index (κ1) is 16.6. The Morgan fingerprint density at radius 2 is 1.67 bits per heavy atom. The van der Waals surface area contributed by atoms with E-state index in [1.54, 1.807) is 6.92 Å². The van der Waals surface area contributed by atoms with E-state index in [0.717, 1.165) is 0 Å². The molecule has 40 valence electrons. The lowest BCUT2D eigenvalue weighted by Crippen LogP contribution is -1.49. The van der Waals surface area contributed by atoms with Gasteiger partial charge in [0.15, 0.2) is 0 Å². The van der Waals surface area contributed by atoms with Crippen molar-refractivity contribution in [3.05, 3.63) is 0 Å². The van der Waals surface area contributed by atoms with Crippen LogP contribution in [-0.4, -0.2) is 11.4 Å². The van der Waals surface area contributed by atoms with Gasteiger partial charge in [0.1, 0.15) is 0 Å². The van der Waals surface area contributed by atoms with E-state index >= 15 is 0 Å². The van der Waals surface area contributed by atoms with Gasteiger partial charge in [0.05, 0.1) is 0 Å². The molecule has 0 fully saturated rings. The van der Waals surface area contributed by atoms with Crippen LogP contribution in [0.15, 0.2) is 5.16 Å². The summed E-state index contributed by atoms with van der Waals surface area (Å²) in [4.78, 5) is 0. The lowest BCUT2D eigenvalue weighted by molar-refractivity contribution is 0.321. The van der Waals surface area contributed by atoms with Gasteiger partial charge >= 0.3 is 0 Å². The largest absolute Gasteiger partial charge is 0.411 e. The molecule has 0 amide bonds. The molecule has 1 N–H and O–H groups in total. The summed E-state index contributed by atoms with van der Waals surface area (Å²) in [6.45, 7) is 1.64. The molecule has 0 radical (unpaired) electrons. The molecular weight excluding hydrogens is 125 g/mol. The first-order valence-corrected chi connectivity index (χ1v) is 1.04. The summed E-state index contributed by atoms with van der Waals surface area (Å²) in [5.74, 6) is 0. The fraction of sp³-hybridized carbons (Fsp3) is 0.500. The number of hydrogen-bond donors (Lipinski definition) is 1. The molecule has 0 aliphatic heterocycles. The Kier molecular flexibility index (Phi) is 54.5. The number of nitrogens with zero attached hydrogens (tertiary/aromatic N) is 1. The number of hydrogen-bond acceptors (Lipinski definition) is 2. The zero-order chi connectivity index (χ0) is 3.41. The van der Waals surface area contributed by atoms with Gasteiger partial charge in [-0.1, -0.05) is 0 Å². The molecule has 0 heterocycles. The fourth-order valence-electron chi connectivity index (χ4n) is 0. The standard InChI is InChI=1S/C2H5NO.2ClH/c1-2-3-4;;/h2,4H,1H3;2*1H/b3-2+;;. The number of rotatable bonds is 0. The lowest BCUT2D eigenvalue weighted by Gasteiger charge is -1.54. The summed E-state index contributed by atoms with van der Waals surface area (Å²) in [7, 11) is 0. The molecule has 2 nitrogen and oxygen atoms in total. The first-order chi connectivity index (χ1) is 1.91. The van der Waals surface area contributed by atoms with Crippen LogP contribution in [0.4, 0.5) is 0 Å². The molecule has 0 aliphatic rings. The van der Waals surface area contributed by atoms with Crippen molar-refractivity contribution in [2.75, 3.05) is 0 Å². The van der Waals surface area contributed by atoms with E-state index in [1.807, 2.05) is 0 Å². The van der Waals surface area contributed by atoms with E-state index in [1.165, 1.54) is 6.21 Å². The van der Waals surface area contributed by atoms with Crippen molar-refractivity contribution < 1.29 is 5.21 Å². The van der Waals surface area contributed by atoms with Gasteiger partial charge in [-0.3, -0.25) is 0 Å². The molecule has 0 unspecified atom stereocenters. The SMILES string of the molecule is C/C=N/O.Cl.Cl. The zero-order valence-corrected chi connectivity index (χ0v) is 4.92. The van der Waals surface area contributed by atoms with Gasteiger partial charge in [0.2, 0.25) is 0 Å². The molecular formula is C2H7Cl2NO. The van der Waals surface area contributed by atoms with Gasteiger partial charge in [-0.2, -0.15) is 0 Å². The third kappa shape index (κ3) is 34.2. The predicted octanol–water partition coefficient (Wildman–Crippen LogP) is 1.31. The van der Waals surface area contributed by atoms with Crippen LogP contribution in [0.2, 0.25) is 0 Å². The minimum atomic E-state index is 0. The molecule has 0 saturated heterocycles. The average Bonchev–Trinajstić information content (AvgIpc) is 1.37. The van der Waals surface area contributed by atoms with Crippen LogP contribution >= 0.6 is 24.8 Å². The van der Waals surface area contributed by atoms with Gasteiger partial charge in [0.25, 0.3) is 0 Å². The van der Waals surface area contributed by atoms with Crippen LogP contribution in [0, 0.1) is 0 Å². The Bertz CT molecular complexity index is 26.7. The van der Waals surface area contributed by atoms with Crippen LogP contribution in [0.5, 0.6) is 0 Å². The maximum Gasteiger partial charge on any atom is 0.0404 e. The van der Waals surface area contributed by atoms with Crippen molar-refractivity contribution in [2.45, 2.75) is 6.92 Å². The fourth-order valence-corrected chi connectivity index (χ4v) is 0. The topological polar surface area (TPSA) is 32.6 Å². The van der Waals surface area contributed by atoms with Gasteiger partial charge < -0.3 is 5.21 Å². The van der Waals surface area contributed by atoms with Crippen molar-refractivity contribution >= 4 is 31.0 Å². The van der Waals surface area contributed by atoms with Crippen molar-refractivity contribution in [3.8, 4) is 0 Å². The highest BCUT2D eigenvalue weighted by atomic mass is 35.5. The smallest absolute Gasteiger partial charge is 0.0404 e. The highest BCUT2D eigenvalue weighted by Crippen LogP contribution is 1.38. The van der Waals surface area contributed by atoms with Crippen LogP contribution in [0.1, 0.15) is 6.92 Å². The van der Waals surface area contributed by atoms with Crippen molar-refractivity contribution in [1.82, 2.24) is 0 Å². The van der Waals surface area contributed by atoms with Crippen molar-refractivity contribution in [1.29, 1.82) is 0 Å². The average molecular weight is 132 g/mol. The summed E-state index contributed by atoms with van der Waals surface area (Å²) in [6.07, 6.45) is 1.31. The minimum Gasteiger partial charge on any atom is -0.411 e. The summed E-state index contributed by atoms with van der Waals surface area (Å²) in [6, 6.07) is 0. The highest BCUT2D eigenvalue weighted by Gasteiger charge is 1.34. The lowest BCUT2D eigenvalue weighted by atomic mass is 10.9. The molecule has 0 bridgehead atoms. The third-order valence-corrected chi connectivity index (χ3v) is 0.115. The molecule has 0 aromatic carbocycles. The third-order valence-electron chi connectivity index (χ3n) is 0.115. The quantitative estimate of drug-likeness (QED) is 0.301. The molecule has 0 aromatic rings.